The summed E-state index contributed by atoms with van der Waals surface area (Å²) in [5, 5.41) is 7.99. The molecule has 1 aromatic carbocycles. The first kappa shape index (κ1) is 21.4. The van der Waals surface area contributed by atoms with Crippen molar-refractivity contribution < 1.29 is 9.59 Å². The number of hydrogen-bond donors (Lipinski definition) is 1. The summed E-state index contributed by atoms with van der Waals surface area (Å²) >= 11 is 0. The summed E-state index contributed by atoms with van der Waals surface area (Å²) in [4.78, 5) is 28.7. The molecule has 1 aromatic heterocycles. The van der Waals surface area contributed by atoms with Crippen molar-refractivity contribution >= 4 is 11.9 Å². The second kappa shape index (κ2) is 8.36. The Morgan fingerprint density at radius 3 is 2.45 bits per heavy atom. The molecule has 2 aliphatic rings. The van der Waals surface area contributed by atoms with E-state index in [0.717, 1.165) is 24.1 Å². The van der Waals surface area contributed by atoms with Crippen molar-refractivity contribution in [3.63, 3.8) is 0 Å². The second-order valence-corrected chi connectivity index (χ2v) is 9.84. The van der Waals surface area contributed by atoms with Gasteiger partial charge in [-0.15, -0.1) is 0 Å². The number of fused-ring (bicyclic) bond motifs is 1. The SMILES string of the molecule is CN(C)C(=O)N1CCC(C(=O)N[C@H]2CC(C)(C)Cc3c2cnn3-c2ccccc2)CC1. The Labute approximate surface area is 184 Å². The Morgan fingerprint density at radius 1 is 1.13 bits per heavy atom. The molecule has 31 heavy (non-hydrogen) atoms. The Bertz CT molecular complexity index is 942. The number of piperidine rings is 1. The number of carbonyl (C=O) groups is 2. The van der Waals surface area contributed by atoms with Gasteiger partial charge in [0.2, 0.25) is 5.91 Å². The van der Waals surface area contributed by atoms with Gasteiger partial charge < -0.3 is 15.1 Å². The van der Waals surface area contributed by atoms with Gasteiger partial charge in [0, 0.05) is 38.7 Å². The van der Waals surface area contributed by atoms with Crippen LogP contribution in [0.4, 0.5) is 4.79 Å². The first-order chi connectivity index (χ1) is 14.7. The molecule has 0 bridgehead atoms. The summed E-state index contributed by atoms with van der Waals surface area (Å²) in [7, 11) is 3.53. The van der Waals surface area contributed by atoms with Crippen LogP contribution < -0.4 is 5.32 Å². The van der Waals surface area contributed by atoms with Crippen molar-refractivity contribution in [1.82, 2.24) is 24.9 Å². The molecule has 3 amide bonds. The van der Waals surface area contributed by atoms with Crippen molar-refractivity contribution in [2.24, 2.45) is 11.3 Å². The Balaban J connectivity index is 1.48. The fraction of sp³-hybridized carbons (Fsp3) is 0.542. The minimum atomic E-state index is -0.0520. The van der Waals surface area contributed by atoms with Crippen molar-refractivity contribution in [3.05, 3.63) is 47.8 Å². The molecular formula is C24H33N5O2. The molecule has 1 aliphatic carbocycles. The molecule has 1 N–H and O–H groups in total. The Morgan fingerprint density at radius 2 is 1.81 bits per heavy atom. The highest BCUT2D eigenvalue weighted by molar-refractivity contribution is 5.80. The molecule has 2 heterocycles. The van der Waals surface area contributed by atoms with E-state index in [0.29, 0.717) is 25.9 Å². The van der Waals surface area contributed by atoms with Crippen LogP contribution in [0.1, 0.15) is 50.4 Å². The molecule has 166 valence electrons. The molecule has 1 atom stereocenters. The smallest absolute Gasteiger partial charge is 0.319 e. The lowest BCUT2D eigenvalue weighted by atomic mass is 9.74. The van der Waals surface area contributed by atoms with Gasteiger partial charge in [-0.3, -0.25) is 4.79 Å². The van der Waals surface area contributed by atoms with E-state index in [9.17, 15) is 9.59 Å². The van der Waals surface area contributed by atoms with Crippen LogP contribution in [0.2, 0.25) is 0 Å². The normalized spacial score (nSPS) is 20.8. The monoisotopic (exact) mass is 423 g/mol. The molecule has 1 aliphatic heterocycles. The molecule has 1 fully saturated rings. The quantitative estimate of drug-likeness (QED) is 0.823. The van der Waals surface area contributed by atoms with E-state index in [1.54, 1.807) is 19.0 Å². The minimum Gasteiger partial charge on any atom is -0.349 e. The molecule has 2 aromatic rings. The molecule has 7 heteroatoms. The largest absolute Gasteiger partial charge is 0.349 e. The van der Waals surface area contributed by atoms with Crippen LogP contribution in [0.25, 0.3) is 5.69 Å². The van der Waals surface area contributed by atoms with Gasteiger partial charge in [-0.2, -0.15) is 5.10 Å². The predicted molar refractivity (Wildman–Crippen MR) is 120 cm³/mol. The number of aromatic nitrogens is 2. The van der Waals surface area contributed by atoms with Crippen molar-refractivity contribution in [2.75, 3.05) is 27.2 Å². The summed E-state index contributed by atoms with van der Waals surface area (Å²) in [6.07, 6.45) is 5.15. The zero-order valence-electron chi connectivity index (χ0n) is 19.0. The van der Waals surface area contributed by atoms with E-state index in [1.807, 2.05) is 34.0 Å². The second-order valence-electron chi connectivity index (χ2n) is 9.84. The lowest BCUT2D eigenvalue weighted by molar-refractivity contribution is -0.127. The van der Waals surface area contributed by atoms with Gasteiger partial charge in [0.15, 0.2) is 0 Å². The number of para-hydroxylation sites is 1. The van der Waals surface area contributed by atoms with Gasteiger partial charge in [-0.1, -0.05) is 32.0 Å². The predicted octanol–water partition coefficient (Wildman–Crippen LogP) is 3.40. The van der Waals surface area contributed by atoms with E-state index < -0.39 is 0 Å². The van der Waals surface area contributed by atoms with Crippen LogP contribution in [0, 0.1) is 11.3 Å². The summed E-state index contributed by atoms with van der Waals surface area (Å²) in [6.45, 7) is 5.76. The van der Waals surface area contributed by atoms with Crippen molar-refractivity contribution in [2.45, 2.75) is 45.6 Å². The van der Waals surface area contributed by atoms with Gasteiger partial charge in [-0.25, -0.2) is 9.48 Å². The number of carbonyl (C=O) groups excluding carboxylic acids is 2. The minimum absolute atomic E-state index is 0.0193. The van der Waals surface area contributed by atoms with Gasteiger partial charge >= 0.3 is 6.03 Å². The van der Waals surface area contributed by atoms with Crippen LogP contribution in [-0.4, -0.2) is 58.7 Å². The fourth-order valence-corrected chi connectivity index (χ4v) is 4.87. The number of rotatable bonds is 3. The van der Waals surface area contributed by atoms with E-state index in [2.05, 4.69) is 36.4 Å². The average molecular weight is 424 g/mol. The van der Waals surface area contributed by atoms with Crippen LogP contribution >= 0.6 is 0 Å². The topological polar surface area (TPSA) is 70.5 Å². The molecule has 4 rings (SSSR count). The van der Waals surface area contributed by atoms with Crippen molar-refractivity contribution in [1.29, 1.82) is 0 Å². The zero-order chi connectivity index (χ0) is 22.2. The first-order valence-corrected chi connectivity index (χ1v) is 11.1. The maximum absolute atomic E-state index is 13.1. The molecule has 1 saturated heterocycles. The Hall–Kier alpha value is -2.83. The van der Waals surface area contributed by atoms with Crippen LogP contribution in [-0.2, 0) is 11.2 Å². The summed E-state index contributed by atoms with van der Waals surface area (Å²) in [5.74, 6) is 0.0435. The lowest BCUT2D eigenvalue weighted by Gasteiger charge is -2.37. The van der Waals surface area contributed by atoms with Crippen LogP contribution in [0.3, 0.4) is 0 Å². The number of likely N-dealkylation sites (tertiary alicyclic amines) is 1. The van der Waals surface area contributed by atoms with E-state index >= 15 is 0 Å². The number of nitrogens with zero attached hydrogens (tertiary/aromatic N) is 4. The number of amides is 3. The highest BCUT2D eigenvalue weighted by Crippen LogP contribution is 2.41. The molecular weight excluding hydrogens is 390 g/mol. The number of hydrogen-bond acceptors (Lipinski definition) is 3. The average Bonchev–Trinajstić information content (AvgIpc) is 3.16. The van der Waals surface area contributed by atoms with Crippen molar-refractivity contribution in [3.8, 4) is 5.69 Å². The number of benzene rings is 1. The third kappa shape index (κ3) is 4.45. The van der Waals surface area contributed by atoms with Crippen LogP contribution in [0.5, 0.6) is 0 Å². The molecule has 0 radical (unpaired) electrons. The van der Waals surface area contributed by atoms with E-state index in [4.69, 9.17) is 0 Å². The Kier molecular flexibility index (Phi) is 5.77. The molecule has 7 nitrogen and oxygen atoms in total. The number of urea groups is 1. The summed E-state index contributed by atoms with van der Waals surface area (Å²) in [6, 6.07) is 10.1. The van der Waals surface area contributed by atoms with Gasteiger partial charge in [0.25, 0.3) is 0 Å². The summed E-state index contributed by atoms with van der Waals surface area (Å²) in [5.41, 5.74) is 3.42. The lowest BCUT2D eigenvalue weighted by Crippen LogP contribution is -2.47. The molecule has 0 saturated carbocycles. The van der Waals surface area contributed by atoms with Gasteiger partial charge in [-0.05, 0) is 43.2 Å². The molecule has 0 spiro atoms. The maximum Gasteiger partial charge on any atom is 0.319 e. The van der Waals surface area contributed by atoms with Gasteiger partial charge in [0.1, 0.15) is 0 Å². The third-order valence-corrected chi connectivity index (χ3v) is 6.52. The van der Waals surface area contributed by atoms with Crippen LogP contribution in [0.15, 0.2) is 36.5 Å². The van der Waals surface area contributed by atoms with E-state index in [-0.39, 0.29) is 29.3 Å². The highest BCUT2D eigenvalue weighted by Gasteiger charge is 2.37. The fourth-order valence-electron chi connectivity index (χ4n) is 4.87. The first-order valence-electron chi connectivity index (χ1n) is 11.1. The van der Waals surface area contributed by atoms with Gasteiger partial charge in [0.05, 0.1) is 23.6 Å². The van der Waals surface area contributed by atoms with E-state index in [1.165, 1.54) is 5.69 Å². The molecule has 0 unspecified atom stereocenters. The standard InChI is InChI=1S/C24H33N5O2/c1-24(2)14-20(19-16-25-29(21(19)15-24)18-8-6-5-7-9-18)26-22(30)17-10-12-28(13-11-17)23(31)27(3)4/h5-9,16-17,20H,10-15H2,1-4H3,(H,26,30)/t20-/m0/s1. The highest BCUT2D eigenvalue weighted by atomic mass is 16.2. The zero-order valence-corrected chi connectivity index (χ0v) is 19.0. The summed E-state index contributed by atoms with van der Waals surface area (Å²) < 4.78 is 2.01. The third-order valence-electron chi connectivity index (χ3n) is 6.52. The number of nitrogens with one attached hydrogen (secondary N) is 1. The maximum atomic E-state index is 13.1.